The van der Waals surface area contributed by atoms with Crippen molar-refractivity contribution in [2.75, 3.05) is 13.2 Å². The Morgan fingerprint density at radius 2 is 2.62 bits per heavy atom. The molecule has 0 N–H and O–H groups in total. The zero-order chi connectivity index (χ0) is 5.82. The first-order valence-corrected chi connectivity index (χ1v) is 2.56. The number of hydrogen-bond acceptors (Lipinski definition) is 2. The van der Waals surface area contributed by atoms with Gasteiger partial charge in [-0.3, -0.25) is 0 Å². The molecular formula is C4H7N3O. The summed E-state index contributed by atoms with van der Waals surface area (Å²) >= 11 is 0. The minimum absolute atomic E-state index is 0.214. The van der Waals surface area contributed by atoms with Crippen LogP contribution in [0.4, 0.5) is 0 Å². The molecule has 0 amide bonds. The molecule has 4 heteroatoms. The van der Waals surface area contributed by atoms with Crippen molar-refractivity contribution >= 4 is 0 Å². The molecule has 0 aromatic rings. The van der Waals surface area contributed by atoms with Gasteiger partial charge in [-0.1, -0.05) is 5.11 Å². The maximum absolute atomic E-state index is 7.84. The van der Waals surface area contributed by atoms with E-state index in [1.807, 2.05) is 0 Å². The maximum Gasteiger partial charge on any atom is 0.0653 e. The molecule has 1 aliphatic rings. The van der Waals surface area contributed by atoms with Crippen LogP contribution in [0.5, 0.6) is 0 Å². The molecule has 1 fully saturated rings. The van der Waals surface area contributed by atoms with E-state index in [-0.39, 0.29) is 6.10 Å². The van der Waals surface area contributed by atoms with Gasteiger partial charge in [-0.2, -0.15) is 0 Å². The van der Waals surface area contributed by atoms with E-state index >= 15 is 0 Å². The first-order chi connectivity index (χ1) is 3.93. The zero-order valence-electron chi connectivity index (χ0n) is 4.45. The maximum atomic E-state index is 7.84. The van der Waals surface area contributed by atoms with Gasteiger partial charge in [0.1, 0.15) is 0 Å². The lowest BCUT2D eigenvalue weighted by Gasteiger charge is -2.24. The van der Waals surface area contributed by atoms with E-state index in [0.717, 1.165) is 13.0 Å². The normalized spacial score (nSPS) is 25.8. The lowest BCUT2D eigenvalue weighted by atomic mass is 10.2. The summed E-state index contributed by atoms with van der Waals surface area (Å²) in [4.78, 5) is 2.60. The van der Waals surface area contributed by atoms with Gasteiger partial charge in [0.15, 0.2) is 0 Å². The second kappa shape index (κ2) is 2.55. The fourth-order valence-corrected chi connectivity index (χ4v) is 0.556. The van der Waals surface area contributed by atoms with E-state index < -0.39 is 0 Å². The molecule has 1 saturated heterocycles. The van der Waals surface area contributed by atoms with Gasteiger partial charge in [0.25, 0.3) is 0 Å². The van der Waals surface area contributed by atoms with E-state index in [9.17, 15) is 0 Å². The molecule has 0 aromatic heterocycles. The van der Waals surface area contributed by atoms with Crippen molar-refractivity contribution < 1.29 is 4.74 Å². The summed E-state index contributed by atoms with van der Waals surface area (Å²) in [5.41, 5.74) is 7.84. The van der Waals surface area contributed by atoms with Crippen molar-refractivity contribution in [1.82, 2.24) is 0 Å². The van der Waals surface area contributed by atoms with Crippen LogP contribution < -0.4 is 0 Å². The Hall–Kier alpha value is -0.730. The van der Waals surface area contributed by atoms with E-state index in [2.05, 4.69) is 10.0 Å². The van der Waals surface area contributed by atoms with Crippen LogP contribution in [0.2, 0.25) is 0 Å². The highest BCUT2D eigenvalue weighted by atomic mass is 16.5. The predicted octanol–water partition coefficient (Wildman–Crippen LogP) is 1.09. The molecule has 0 aliphatic carbocycles. The van der Waals surface area contributed by atoms with E-state index in [1.165, 1.54) is 0 Å². The Morgan fingerprint density at radius 1 is 1.88 bits per heavy atom. The minimum atomic E-state index is 0.214. The van der Waals surface area contributed by atoms with Crippen molar-refractivity contribution in [3.8, 4) is 0 Å². The third-order valence-corrected chi connectivity index (χ3v) is 1.14. The largest absolute Gasteiger partial charge is 0.378 e. The standard InChI is InChI=1S/C4H7N3O/c5-7-6-3-4-1-2-8-4/h4H,1-3H2. The number of ether oxygens (including phenoxy) is 1. The summed E-state index contributed by atoms with van der Waals surface area (Å²) in [6.45, 7) is 1.32. The monoisotopic (exact) mass is 113 g/mol. The van der Waals surface area contributed by atoms with Crippen LogP contribution in [0.15, 0.2) is 5.11 Å². The molecule has 1 atom stereocenters. The first kappa shape index (κ1) is 5.41. The second-order valence-electron chi connectivity index (χ2n) is 1.69. The van der Waals surface area contributed by atoms with Crippen molar-refractivity contribution in [3.05, 3.63) is 10.4 Å². The average Bonchev–Trinajstić information content (AvgIpc) is 1.63. The summed E-state index contributed by atoms with van der Waals surface area (Å²) in [6.07, 6.45) is 1.25. The highest BCUT2D eigenvalue weighted by Gasteiger charge is 2.15. The smallest absolute Gasteiger partial charge is 0.0653 e. The minimum Gasteiger partial charge on any atom is -0.378 e. The van der Waals surface area contributed by atoms with Gasteiger partial charge >= 0.3 is 0 Å². The van der Waals surface area contributed by atoms with Crippen molar-refractivity contribution in [3.63, 3.8) is 0 Å². The fraction of sp³-hybridized carbons (Fsp3) is 1.00. The molecular weight excluding hydrogens is 106 g/mol. The molecule has 1 aliphatic heterocycles. The molecule has 8 heavy (non-hydrogen) atoms. The number of nitrogens with zero attached hydrogens (tertiary/aromatic N) is 3. The SMILES string of the molecule is [N-]=[N+]=NCC1CCO1. The van der Waals surface area contributed by atoms with Crippen LogP contribution in [-0.2, 0) is 4.74 Å². The summed E-state index contributed by atoms with van der Waals surface area (Å²) < 4.78 is 4.97. The zero-order valence-corrected chi connectivity index (χ0v) is 4.45. The van der Waals surface area contributed by atoms with Crippen LogP contribution in [0.1, 0.15) is 6.42 Å². The fourth-order valence-electron chi connectivity index (χ4n) is 0.556. The first-order valence-electron chi connectivity index (χ1n) is 2.56. The van der Waals surface area contributed by atoms with Crippen LogP contribution in [0, 0.1) is 0 Å². The van der Waals surface area contributed by atoms with Crippen LogP contribution in [0.25, 0.3) is 10.4 Å². The summed E-state index contributed by atoms with van der Waals surface area (Å²) in [5, 5.41) is 3.35. The summed E-state index contributed by atoms with van der Waals surface area (Å²) in [5.74, 6) is 0. The molecule has 0 saturated carbocycles. The number of rotatable bonds is 2. The highest BCUT2D eigenvalue weighted by Crippen LogP contribution is 2.10. The Morgan fingerprint density at radius 3 is 3.00 bits per heavy atom. The van der Waals surface area contributed by atoms with Gasteiger partial charge in [0.2, 0.25) is 0 Å². The third-order valence-electron chi connectivity index (χ3n) is 1.14. The van der Waals surface area contributed by atoms with Crippen LogP contribution in [0.3, 0.4) is 0 Å². The van der Waals surface area contributed by atoms with Gasteiger partial charge in [-0.25, -0.2) is 0 Å². The number of azide groups is 1. The van der Waals surface area contributed by atoms with Crippen LogP contribution in [-0.4, -0.2) is 19.3 Å². The molecule has 0 radical (unpaired) electrons. The van der Waals surface area contributed by atoms with Gasteiger partial charge in [0, 0.05) is 11.5 Å². The van der Waals surface area contributed by atoms with Gasteiger partial charge in [0.05, 0.1) is 12.6 Å². The Kier molecular flexibility index (Phi) is 1.72. The van der Waals surface area contributed by atoms with E-state index in [1.54, 1.807) is 0 Å². The molecule has 0 bridgehead atoms. The van der Waals surface area contributed by atoms with Gasteiger partial charge in [-0.05, 0) is 12.0 Å². The molecule has 1 rings (SSSR count). The molecule has 0 aromatic carbocycles. The Balaban J connectivity index is 2.09. The average molecular weight is 113 g/mol. The Labute approximate surface area is 47.1 Å². The molecule has 44 valence electrons. The van der Waals surface area contributed by atoms with Crippen molar-refractivity contribution in [2.24, 2.45) is 5.11 Å². The summed E-state index contributed by atoms with van der Waals surface area (Å²) in [7, 11) is 0. The topological polar surface area (TPSA) is 58.0 Å². The van der Waals surface area contributed by atoms with Crippen molar-refractivity contribution in [2.45, 2.75) is 12.5 Å². The highest BCUT2D eigenvalue weighted by molar-refractivity contribution is 4.68. The van der Waals surface area contributed by atoms with E-state index in [4.69, 9.17) is 10.3 Å². The quantitative estimate of drug-likeness (QED) is 0.300. The van der Waals surface area contributed by atoms with Crippen LogP contribution >= 0.6 is 0 Å². The number of hydrogen-bond donors (Lipinski definition) is 0. The molecule has 1 heterocycles. The van der Waals surface area contributed by atoms with Gasteiger partial charge < -0.3 is 4.74 Å². The third kappa shape index (κ3) is 1.12. The summed E-state index contributed by atoms with van der Waals surface area (Å²) in [6, 6.07) is 0. The van der Waals surface area contributed by atoms with Gasteiger partial charge in [-0.15, -0.1) is 0 Å². The molecule has 4 nitrogen and oxygen atoms in total. The predicted molar refractivity (Wildman–Crippen MR) is 28.4 cm³/mol. The Bertz CT molecular complexity index is 114. The lowest BCUT2D eigenvalue weighted by molar-refractivity contribution is -0.0434. The molecule has 1 unspecified atom stereocenters. The second-order valence-corrected chi connectivity index (χ2v) is 1.69. The lowest BCUT2D eigenvalue weighted by Crippen LogP contribution is -2.29. The molecule has 0 spiro atoms. The van der Waals surface area contributed by atoms with E-state index in [0.29, 0.717) is 6.54 Å². The van der Waals surface area contributed by atoms with Crippen molar-refractivity contribution in [1.29, 1.82) is 0 Å².